The lowest BCUT2D eigenvalue weighted by molar-refractivity contribution is -0.120. The van der Waals surface area contributed by atoms with Gasteiger partial charge in [-0.25, -0.2) is 0 Å². The molecule has 3 nitrogen and oxygen atoms in total. The van der Waals surface area contributed by atoms with E-state index in [9.17, 15) is 4.79 Å². The monoisotopic (exact) mass is 277 g/mol. The summed E-state index contributed by atoms with van der Waals surface area (Å²) < 4.78 is 0. The lowest BCUT2D eigenvalue weighted by atomic mass is 9.89. The molecular formula is C17H27NO2. The van der Waals surface area contributed by atoms with Crippen molar-refractivity contribution in [3.63, 3.8) is 0 Å². The number of hydrogen-bond donors (Lipinski definition) is 2. The minimum atomic E-state index is -0.0549. The van der Waals surface area contributed by atoms with Crippen molar-refractivity contribution < 1.29 is 9.90 Å². The molecule has 0 aromatic heterocycles. The molecule has 0 aliphatic carbocycles. The van der Waals surface area contributed by atoms with Crippen molar-refractivity contribution in [3.05, 3.63) is 35.4 Å². The molecule has 1 amide bonds. The molecule has 0 atom stereocenters. The smallest absolute Gasteiger partial charge is 0.224 e. The van der Waals surface area contributed by atoms with E-state index in [4.69, 9.17) is 5.11 Å². The molecule has 20 heavy (non-hydrogen) atoms. The first-order chi connectivity index (χ1) is 9.46. The average molecular weight is 277 g/mol. The highest BCUT2D eigenvalue weighted by Gasteiger charge is 2.15. The number of amides is 1. The van der Waals surface area contributed by atoms with E-state index in [0.717, 1.165) is 24.8 Å². The van der Waals surface area contributed by atoms with E-state index in [0.29, 0.717) is 13.0 Å². The molecule has 0 saturated heterocycles. The van der Waals surface area contributed by atoms with Crippen molar-refractivity contribution in [1.82, 2.24) is 5.32 Å². The third kappa shape index (κ3) is 6.20. The van der Waals surface area contributed by atoms with Crippen LogP contribution in [0.1, 0.15) is 44.7 Å². The number of rotatable bonds is 8. The maximum Gasteiger partial charge on any atom is 0.224 e. The van der Waals surface area contributed by atoms with E-state index in [1.54, 1.807) is 0 Å². The fourth-order valence-corrected chi connectivity index (χ4v) is 2.01. The number of aliphatic hydroxyl groups is 1. The Hall–Kier alpha value is -1.35. The summed E-state index contributed by atoms with van der Waals surface area (Å²) in [5, 5.41) is 12.1. The van der Waals surface area contributed by atoms with Crippen LogP contribution in [0.25, 0.3) is 0 Å². The van der Waals surface area contributed by atoms with Gasteiger partial charge in [0.1, 0.15) is 0 Å². The molecule has 0 unspecified atom stereocenters. The Kier molecular flexibility index (Phi) is 6.73. The zero-order chi connectivity index (χ0) is 15.0. The van der Waals surface area contributed by atoms with Gasteiger partial charge in [0.25, 0.3) is 0 Å². The van der Waals surface area contributed by atoms with Crippen LogP contribution < -0.4 is 5.32 Å². The molecule has 0 bridgehead atoms. The third-order valence-electron chi connectivity index (χ3n) is 3.58. The van der Waals surface area contributed by atoms with E-state index in [1.807, 2.05) is 26.0 Å². The molecule has 0 aliphatic heterocycles. The molecule has 0 aliphatic rings. The Morgan fingerprint density at radius 2 is 1.80 bits per heavy atom. The van der Waals surface area contributed by atoms with Gasteiger partial charge < -0.3 is 10.4 Å². The van der Waals surface area contributed by atoms with Crippen LogP contribution in [0.2, 0.25) is 0 Å². The van der Waals surface area contributed by atoms with Crippen LogP contribution in [0.15, 0.2) is 24.3 Å². The molecule has 3 heteroatoms. The van der Waals surface area contributed by atoms with Gasteiger partial charge in [-0.15, -0.1) is 0 Å². The van der Waals surface area contributed by atoms with Crippen molar-refractivity contribution in [3.8, 4) is 0 Å². The van der Waals surface area contributed by atoms with Crippen LogP contribution in [-0.4, -0.2) is 24.2 Å². The highest BCUT2D eigenvalue weighted by molar-refractivity contribution is 5.78. The van der Waals surface area contributed by atoms with E-state index in [2.05, 4.69) is 24.4 Å². The van der Waals surface area contributed by atoms with E-state index in [-0.39, 0.29) is 17.9 Å². The van der Waals surface area contributed by atoms with Gasteiger partial charge in [-0.3, -0.25) is 4.79 Å². The highest BCUT2D eigenvalue weighted by atomic mass is 16.3. The molecule has 0 heterocycles. The topological polar surface area (TPSA) is 49.3 Å². The predicted octanol–water partition coefficient (Wildman–Crippen LogP) is 2.71. The molecule has 0 spiro atoms. The van der Waals surface area contributed by atoms with Crippen LogP contribution in [0, 0.1) is 5.41 Å². The molecule has 1 aromatic rings. The molecule has 0 radical (unpaired) electrons. The summed E-state index contributed by atoms with van der Waals surface area (Å²) in [6, 6.07) is 8.19. The lowest BCUT2D eigenvalue weighted by Gasteiger charge is -2.21. The minimum Gasteiger partial charge on any atom is -0.396 e. The fourth-order valence-electron chi connectivity index (χ4n) is 2.01. The SMILES string of the molecule is CCc1ccc(CC(=O)NCCCC(C)(C)CO)cc1. The zero-order valence-electron chi connectivity index (χ0n) is 12.9. The Morgan fingerprint density at radius 3 is 2.35 bits per heavy atom. The summed E-state index contributed by atoms with van der Waals surface area (Å²) >= 11 is 0. The summed E-state index contributed by atoms with van der Waals surface area (Å²) in [6.45, 7) is 7.05. The number of aryl methyl sites for hydroxylation is 1. The largest absolute Gasteiger partial charge is 0.396 e. The second-order valence-corrected chi connectivity index (χ2v) is 6.12. The van der Waals surface area contributed by atoms with Gasteiger partial charge in [-0.1, -0.05) is 45.0 Å². The van der Waals surface area contributed by atoms with Crippen LogP contribution >= 0.6 is 0 Å². The van der Waals surface area contributed by atoms with Gasteiger partial charge in [0.2, 0.25) is 5.91 Å². The van der Waals surface area contributed by atoms with Crippen LogP contribution in [-0.2, 0) is 17.6 Å². The highest BCUT2D eigenvalue weighted by Crippen LogP contribution is 2.20. The zero-order valence-corrected chi connectivity index (χ0v) is 12.9. The van der Waals surface area contributed by atoms with Gasteiger partial charge >= 0.3 is 0 Å². The average Bonchev–Trinajstić information content (AvgIpc) is 2.44. The van der Waals surface area contributed by atoms with E-state index >= 15 is 0 Å². The van der Waals surface area contributed by atoms with Crippen molar-refractivity contribution >= 4 is 5.91 Å². The molecule has 1 aromatic carbocycles. The van der Waals surface area contributed by atoms with Crippen LogP contribution in [0.4, 0.5) is 0 Å². The maximum absolute atomic E-state index is 11.8. The second-order valence-electron chi connectivity index (χ2n) is 6.12. The van der Waals surface area contributed by atoms with Gasteiger partial charge in [0.05, 0.1) is 6.42 Å². The second kappa shape index (κ2) is 8.05. The number of carbonyl (C=O) groups is 1. The maximum atomic E-state index is 11.8. The lowest BCUT2D eigenvalue weighted by Crippen LogP contribution is -2.27. The predicted molar refractivity (Wildman–Crippen MR) is 82.6 cm³/mol. The van der Waals surface area contributed by atoms with Crippen molar-refractivity contribution in [1.29, 1.82) is 0 Å². The summed E-state index contributed by atoms with van der Waals surface area (Å²) in [5.41, 5.74) is 2.29. The summed E-state index contributed by atoms with van der Waals surface area (Å²) in [4.78, 5) is 11.8. The standard InChI is InChI=1S/C17H27NO2/c1-4-14-6-8-15(9-7-14)12-16(20)18-11-5-10-17(2,3)13-19/h6-9,19H,4-5,10-13H2,1-3H3,(H,18,20). The molecule has 2 N–H and O–H groups in total. The Morgan fingerprint density at radius 1 is 1.20 bits per heavy atom. The Balaban J connectivity index is 2.26. The number of hydrogen-bond acceptors (Lipinski definition) is 2. The third-order valence-corrected chi connectivity index (χ3v) is 3.58. The van der Waals surface area contributed by atoms with Crippen molar-refractivity contribution in [2.45, 2.75) is 46.5 Å². The van der Waals surface area contributed by atoms with Gasteiger partial charge in [-0.2, -0.15) is 0 Å². The summed E-state index contributed by atoms with van der Waals surface area (Å²) in [6.07, 6.45) is 3.27. The van der Waals surface area contributed by atoms with Gasteiger partial charge in [-0.05, 0) is 35.8 Å². The number of carbonyl (C=O) groups excluding carboxylic acids is 1. The van der Waals surface area contributed by atoms with Gasteiger partial charge in [0, 0.05) is 13.2 Å². The summed E-state index contributed by atoms with van der Waals surface area (Å²) in [7, 11) is 0. The summed E-state index contributed by atoms with van der Waals surface area (Å²) in [5.74, 6) is 0.0658. The van der Waals surface area contributed by atoms with Crippen molar-refractivity contribution in [2.24, 2.45) is 5.41 Å². The van der Waals surface area contributed by atoms with Crippen molar-refractivity contribution in [2.75, 3.05) is 13.2 Å². The Bertz CT molecular complexity index is 410. The van der Waals surface area contributed by atoms with E-state index in [1.165, 1.54) is 5.56 Å². The quantitative estimate of drug-likeness (QED) is 0.718. The normalized spacial score (nSPS) is 11.4. The molecule has 112 valence electrons. The van der Waals surface area contributed by atoms with Gasteiger partial charge in [0.15, 0.2) is 0 Å². The molecule has 0 saturated carbocycles. The fraction of sp³-hybridized carbons (Fsp3) is 0.588. The first-order valence-corrected chi connectivity index (χ1v) is 7.42. The molecular weight excluding hydrogens is 250 g/mol. The molecule has 1 rings (SSSR count). The number of benzene rings is 1. The first-order valence-electron chi connectivity index (χ1n) is 7.42. The van der Waals surface area contributed by atoms with E-state index < -0.39 is 0 Å². The van der Waals surface area contributed by atoms with Crippen LogP contribution in [0.3, 0.4) is 0 Å². The number of aliphatic hydroxyl groups excluding tert-OH is 1. The minimum absolute atomic E-state index is 0.0549. The first kappa shape index (κ1) is 16.7. The molecule has 0 fully saturated rings. The number of nitrogens with one attached hydrogen (secondary N) is 1. The van der Waals surface area contributed by atoms with Crippen LogP contribution in [0.5, 0.6) is 0 Å². The Labute approximate surface area is 122 Å².